The molecular formula is C15H24N2O3S. The number of ether oxygens (including phenoxy) is 1. The van der Waals surface area contributed by atoms with Gasteiger partial charge in [0.1, 0.15) is 5.75 Å². The topological polar surface area (TPSA) is 58.6 Å². The van der Waals surface area contributed by atoms with Crippen molar-refractivity contribution in [2.45, 2.75) is 25.6 Å². The smallest absolute Gasteiger partial charge is 0.216 e. The lowest BCUT2D eigenvalue weighted by Crippen LogP contribution is -2.40. The van der Waals surface area contributed by atoms with Gasteiger partial charge in [0.25, 0.3) is 0 Å². The average molecular weight is 312 g/mol. The third kappa shape index (κ3) is 4.43. The Hall–Kier alpha value is -1.11. The lowest BCUT2D eigenvalue weighted by atomic mass is 10.1. The summed E-state index contributed by atoms with van der Waals surface area (Å²) < 4.78 is 32.6. The second-order valence-electron chi connectivity index (χ2n) is 5.66. The molecule has 0 aliphatic carbocycles. The second kappa shape index (κ2) is 6.77. The van der Waals surface area contributed by atoms with Crippen molar-refractivity contribution in [3.8, 4) is 5.75 Å². The number of methoxy groups -OCH3 is 1. The molecule has 0 saturated carbocycles. The highest BCUT2D eigenvalue weighted by Gasteiger charge is 2.31. The molecule has 1 aromatic rings. The molecule has 0 amide bonds. The second-order valence-corrected chi connectivity index (χ2v) is 7.42. The lowest BCUT2D eigenvalue weighted by molar-refractivity contribution is 0.344. The van der Waals surface area contributed by atoms with Gasteiger partial charge < -0.3 is 9.64 Å². The summed E-state index contributed by atoms with van der Waals surface area (Å²) in [6, 6.07) is 7.18. The zero-order valence-corrected chi connectivity index (χ0v) is 13.7. The fourth-order valence-electron chi connectivity index (χ4n) is 2.73. The fraction of sp³-hybridized carbons (Fsp3) is 0.600. The van der Waals surface area contributed by atoms with Crippen LogP contribution in [0.15, 0.2) is 24.3 Å². The molecule has 2 atom stereocenters. The van der Waals surface area contributed by atoms with E-state index in [1.165, 1.54) is 0 Å². The summed E-state index contributed by atoms with van der Waals surface area (Å²) in [5, 5.41) is 0. The van der Waals surface area contributed by atoms with Crippen molar-refractivity contribution in [2.24, 2.45) is 5.92 Å². The van der Waals surface area contributed by atoms with Gasteiger partial charge in [0.2, 0.25) is 10.0 Å². The van der Waals surface area contributed by atoms with Crippen molar-refractivity contribution in [1.82, 2.24) is 9.62 Å². The molecule has 2 rings (SSSR count). The quantitative estimate of drug-likeness (QED) is 0.864. The first-order valence-electron chi connectivity index (χ1n) is 7.29. The van der Waals surface area contributed by atoms with Crippen molar-refractivity contribution < 1.29 is 13.2 Å². The van der Waals surface area contributed by atoms with E-state index in [0.717, 1.165) is 25.2 Å². The molecule has 0 radical (unpaired) electrons. The van der Waals surface area contributed by atoms with Gasteiger partial charge >= 0.3 is 0 Å². The Morgan fingerprint density at radius 3 is 2.76 bits per heavy atom. The SMILES string of the molecule is CCN1CC(C)C(NS(=O)(=O)Cc2cccc(OC)c2)C1. The van der Waals surface area contributed by atoms with Crippen LogP contribution in [0.4, 0.5) is 0 Å². The number of hydrogen-bond acceptors (Lipinski definition) is 4. The Balaban J connectivity index is 2.02. The average Bonchev–Trinajstić information content (AvgIpc) is 2.78. The van der Waals surface area contributed by atoms with E-state index < -0.39 is 10.0 Å². The molecule has 1 aliphatic rings. The number of benzene rings is 1. The summed E-state index contributed by atoms with van der Waals surface area (Å²) in [4.78, 5) is 2.27. The number of hydrogen-bond donors (Lipinski definition) is 1. The van der Waals surface area contributed by atoms with Gasteiger partial charge in [0.05, 0.1) is 12.9 Å². The Morgan fingerprint density at radius 1 is 1.38 bits per heavy atom. The Morgan fingerprint density at radius 2 is 2.14 bits per heavy atom. The normalized spacial score (nSPS) is 23.4. The van der Waals surface area contributed by atoms with E-state index in [4.69, 9.17) is 4.74 Å². The van der Waals surface area contributed by atoms with Crippen molar-refractivity contribution >= 4 is 10.0 Å². The molecule has 1 aromatic carbocycles. The highest BCUT2D eigenvalue weighted by atomic mass is 32.2. The van der Waals surface area contributed by atoms with E-state index in [-0.39, 0.29) is 11.8 Å². The Kier molecular flexibility index (Phi) is 5.24. The highest BCUT2D eigenvalue weighted by Crippen LogP contribution is 2.19. The summed E-state index contributed by atoms with van der Waals surface area (Å²) in [6.07, 6.45) is 0. The number of likely N-dealkylation sites (tertiary alicyclic amines) is 1. The van der Waals surface area contributed by atoms with Gasteiger partial charge in [0, 0.05) is 19.1 Å². The zero-order valence-electron chi connectivity index (χ0n) is 12.9. The van der Waals surface area contributed by atoms with Gasteiger partial charge in [-0.15, -0.1) is 0 Å². The van der Waals surface area contributed by atoms with E-state index in [2.05, 4.69) is 23.5 Å². The standard InChI is InChI=1S/C15H24N2O3S/c1-4-17-9-12(2)15(10-17)16-21(18,19)11-13-6-5-7-14(8-13)20-3/h5-8,12,15-16H,4,9-11H2,1-3H3. The Bertz CT molecular complexity index is 574. The van der Waals surface area contributed by atoms with Crippen LogP contribution in [0.5, 0.6) is 5.75 Å². The van der Waals surface area contributed by atoms with Crippen molar-refractivity contribution in [2.75, 3.05) is 26.7 Å². The first kappa shape index (κ1) is 16.3. The molecule has 2 unspecified atom stereocenters. The number of sulfonamides is 1. The van der Waals surface area contributed by atoms with Crippen LogP contribution in [-0.2, 0) is 15.8 Å². The molecule has 21 heavy (non-hydrogen) atoms. The van der Waals surface area contributed by atoms with Crippen LogP contribution in [-0.4, -0.2) is 46.1 Å². The van der Waals surface area contributed by atoms with Gasteiger partial charge in [-0.3, -0.25) is 0 Å². The van der Waals surface area contributed by atoms with Crippen LogP contribution in [0.25, 0.3) is 0 Å². The van der Waals surface area contributed by atoms with Crippen LogP contribution < -0.4 is 9.46 Å². The molecule has 1 heterocycles. The largest absolute Gasteiger partial charge is 0.497 e. The molecule has 1 N–H and O–H groups in total. The van der Waals surface area contributed by atoms with E-state index in [1.54, 1.807) is 25.3 Å². The molecule has 1 fully saturated rings. The third-order valence-electron chi connectivity index (χ3n) is 3.96. The molecule has 0 spiro atoms. The molecule has 0 aromatic heterocycles. The number of likely N-dealkylation sites (N-methyl/N-ethyl adjacent to an activating group) is 1. The van der Waals surface area contributed by atoms with Crippen LogP contribution in [0.1, 0.15) is 19.4 Å². The van der Waals surface area contributed by atoms with Gasteiger partial charge in [-0.25, -0.2) is 13.1 Å². The highest BCUT2D eigenvalue weighted by molar-refractivity contribution is 7.88. The number of rotatable bonds is 6. The van der Waals surface area contributed by atoms with Crippen LogP contribution >= 0.6 is 0 Å². The molecular weight excluding hydrogens is 288 g/mol. The van der Waals surface area contributed by atoms with Gasteiger partial charge in [-0.2, -0.15) is 0 Å². The van der Waals surface area contributed by atoms with Crippen molar-refractivity contribution in [1.29, 1.82) is 0 Å². The summed E-state index contributed by atoms with van der Waals surface area (Å²) in [5.74, 6) is 0.999. The summed E-state index contributed by atoms with van der Waals surface area (Å²) in [7, 11) is -1.77. The van der Waals surface area contributed by atoms with Gasteiger partial charge in [-0.05, 0) is 30.2 Å². The van der Waals surface area contributed by atoms with Crippen LogP contribution in [0, 0.1) is 5.92 Å². The molecule has 1 aliphatic heterocycles. The van der Waals surface area contributed by atoms with Crippen LogP contribution in [0.2, 0.25) is 0 Å². The minimum Gasteiger partial charge on any atom is -0.497 e. The van der Waals surface area contributed by atoms with E-state index in [0.29, 0.717) is 11.7 Å². The maximum Gasteiger partial charge on any atom is 0.216 e. The first-order chi connectivity index (χ1) is 9.93. The van der Waals surface area contributed by atoms with Gasteiger partial charge in [-0.1, -0.05) is 26.0 Å². The third-order valence-corrected chi connectivity index (χ3v) is 5.33. The summed E-state index contributed by atoms with van der Waals surface area (Å²) >= 11 is 0. The first-order valence-corrected chi connectivity index (χ1v) is 8.94. The van der Waals surface area contributed by atoms with E-state index >= 15 is 0 Å². The molecule has 6 heteroatoms. The maximum absolute atomic E-state index is 12.3. The van der Waals surface area contributed by atoms with E-state index in [1.807, 2.05) is 6.07 Å². The monoisotopic (exact) mass is 312 g/mol. The molecule has 5 nitrogen and oxygen atoms in total. The number of nitrogens with zero attached hydrogens (tertiary/aromatic N) is 1. The molecule has 118 valence electrons. The Labute approximate surface area is 127 Å². The maximum atomic E-state index is 12.3. The predicted molar refractivity (Wildman–Crippen MR) is 83.8 cm³/mol. The minimum atomic E-state index is -3.34. The fourth-order valence-corrected chi connectivity index (χ4v) is 4.20. The van der Waals surface area contributed by atoms with Gasteiger partial charge in [0.15, 0.2) is 0 Å². The zero-order chi connectivity index (χ0) is 15.5. The lowest BCUT2D eigenvalue weighted by Gasteiger charge is -2.17. The predicted octanol–water partition coefficient (Wildman–Crippen LogP) is 1.45. The van der Waals surface area contributed by atoms with Crippen molar-refractivity contribution in [3.63, 3.8) is 0 Å². The molecule has 1 saturated heterocycles. The minimum absolute atomic E-state index is 0.000516. The molecule has 0 bridgehead atoms. The summed E-state index contributed by atoms with van der Waals surface area (Å²) in [6.45, 7) is 6.88. The number of nitrogens with one attached hydrogen (secondary N) is 1. The van der Waals surface area contributed by atoms with Crippen molar-refractivity contribution in [3.05, 3.63) is 29.8 Å². The summed E-state index contributed by atoms with van der Waals surface area (Å²) in [5.41, 5.74) is 0.736. The van der Waals surface area contributed by atoms with E-state index in [9.17, 15) is 8.42 Å². The van der Waals surface area contributed by atoms with Crippen LogP contribution in [0.3, 0.4) is 0 Å².